The van der Waals surface area contributed by atoms with Gasteiger partial charge in [0.25, 0.3) is 0 Å². The third kappa shape index (κ3) is 5.37. The van der Waals surface area contributed by atoms with Gasteiger partial charge in [-0.25, -0.2) is 9.18 Å². The van der Waals surface area contributed by atoms with Crippen LogP contribution in [0.2, 0.25) is 0 Å². The van der Waals surface area contributed by atoms with Crippen LogP contribution in [0.4, 0.5) is 4.39 Å². The van der Waals surface area contributed by atoms with Gasteiger partial charge in [0.05, 0.1) is 6.61 Å². The lowest BCUT2D eigenvalue weighted by Gasteiger charge is -2.08. The summed E-state index contributed by atoms with van der Waals surface area (Å²) in [6, 6.07) is -0.109. The molecule has 0 saturated carbocycles. The molecule has 0 aromatic carbocycles. The number of carbonyl (C=O) groups excluding carboxylic acids is 1. The summed E-state index contributed by atoms with van der Waals surface area (Å²) < 4.78 is 17.2. The smallest absolute Gasteiger partial charge is 0.351 e. The molecular weight excluding hydrogens is 181 g/mol. The van der Waals surface area contributed by atoms with Crippen molar-refractivity contribution in [3.05, 3.63) is 0 Å². The van der Waals surface area contributed by atoms with Crippen molar-refractivity contribution in [3.63, 3.8) is 0 Å². The number of ether oxygens (including phenoxy) is 1. The van der Waals surface area contributed by atoms with Crippen LogP contribution in [0.25, 0.3) is 0 Å². The fourth-order valence-electron chi connectivity index (χ4n) is 0.512. The van der Waals surface area contributed by atoms with E-state index < -0.39 is 11.5 Å². The minimum atomic E-state index is -1.60. The fraction of sp³-hybridized carbons (Fsp3) is 0.857. The molecule has 5 heteroatoms. The van der Waals surface area contributed by atoms with Crippen LogP contribution in [0.15, 0.2) is 0 Å². The Bertz CT molecular complexity index is 143. The predicted molar refractivity (Wildman–Crippen MR) is 47.6 cm³/mol. The summed E-state index contributed by atoms with van der Waals surface area (Å²) >= 11 is 0.866. The van der Waals surface area contributed by atoms with Gasteiger partial charge < -0.3 is 10.5 Å². The number of carbonyl (C=O) groups is 1. The summed E-state index contributed by atoms with van der Waals surface area (Å²) in [4.78, 5) is 10.7. The molecule has 0 aliphatic carbocycles. The number of alkyl halides is 1. The first-order chi connectivity index (χ1) is 5.57. The molecule has 0 spiro atoms. The number of thioether (sulfide) groups is 1. The maximum atomic E-state index is 12.8. The third-order valence-corrected chi connectivity index (χ3v) is 2.18. The Morgan fingerprint density at radius 2 is 2.33 bits per heavy atom. The van der Waals surface area contributed by atoms with Crippen LogP contribution in [0.5, 0.6) is 0 Å². The predicted octanol–water partition coefficient (Wildman–Crippen LogP) is 0.925. The lowest BCUT2D eigenvalue weighted by molar-refractivity contribution is -0.145. The van der Waals surface area contributed by atoms with Gasteiger partial charge in [-0.1, -0.05) is 0 Å². The van der Waals surface area contributed by atoms with E-state index in [2.05, 4.69) is 4.74 Å². The van der Waals surface area contributed by atoms with Crippen LogP contribution < -0.4 is 5.73 Å². The molecule has 0 radical (unpaired) electrons. The van der Waals surface area contributed by atoms with E-state index in [1.165, 1.54) is 0 Å². The van der Waals surface area contributed by atoms with E-state index >= 15 is 0 Å². The Morgan fingerprint density at radius 3 is 2.75 bits per heavy atom. The average molecular weight is 195 g/mol. The van der Waals surface area contributed by atoms with E-state index in [0.29, 0.717) is 5.75 Å². The highest BCUT2D eigenvalue weighted by atomic mass is 32.2. The normalized spacial score (nSPS) is 15.3. The van der Waals surface area contributed by atoms with Crippen molar-refractivity contribution in [1.29, 1.82) is 0 Å². The molecule has 0 aliphatic rings. The minimum Gasteiger partial charge on any atom is -0.463 e. The van der Waals surface area contributed by atoms with E-state index in [1.54, 1.807) is 13.8 Å². The zero-order chi connectivity index (χ0) is 9.56. The standard InChI is InChI=1S/C7H14FNO2S/c1-3-11-7(10)6(8)12-4-5(2)9/h5-6H,3-4,9H2,1-2H3. The van der Waals surface area contributed by atoms with Gasteiger partial charge in [0.1, 0.15) is 0 Å². The fourth-order valence-corrected chi connectivity index (χ4v) is 1.19. The first-order valence-corrected chi connectivity index (χ1v) is 4.80. The van der Waals surface area contributed by atoms with Crippen LogP contribution in [0, 0.1) is 0 Å². The number of nitrogens with two attached hydrogens (primary N) is 1. The molecule has 0 bridgehead atoms. The molecule has 2 N–H and O–H groups in total. The van der Waals surface area contributed by atoms with E-state index in [0.717, 1.165) is 11.8 Å². The first-order valence-electron chi connectivity index (χ1n) is 3.75. The van der Waals surface area contributed by atoms with Gasteiger partial charge in [0.2, 0.25) is 5.50 Å². The molecular formula is C7H14FNO2S. The Kier molecular flexibility index (Phi) is 6.10. The Balaban J connectivity index is 3.56. The molecule has 0 rings (SSSR count). The number of hydrogen-bond donors (Lipinski definition) is 1. The van der Waals surface area contributed by atoms with Crippen molar-refractivity contribution in [2.45, 2.75) is 25.4 Å². The summed E-state index contributed by atoms with van der Waals surface area (Å²) in [5.41, 5.74) is 3.77. The molecule has 0 amide bonds. The second-order valence-electron chi connectivity index (χ2n) is 2.38. The van der Waals surface area contributed by atoms with E-state index in [-0.39, 0.29) is 12.6 Å². The lowest BCUT2D eigenvalue weighted by atomic mass is 10.4. The molecule has 0 aromatic rings. The highest BCUT2D eigenvalue weighted by molar-refractivity contribution is 8.00. The molecule has 0 saturated heterocycles. The topological polar surface area (TPSA) is 52.3 Å². The van der Waals surface area contributed by atoms with Crippen molar-refractivity contribution in [2.75, 3.05) is 12.4 Å². The quantitative estimate of drug-likeness (QED) is 0.663. The van der Waals surface area contributed by atoms with Crippen molar-refractivity contribution in [3.8, 4) is 0 Å². The second-order valence-corrected chi connectivity index (χ2v) is 3.46. The SMILES string of the molecule is CCOC(=O)C(F)SCC(C)N. The van der Waals surface area contributed by atoms with Crippen molar-refractivity contribution in [2.24, 2.45) is 5.73 Å². The van der Waals surface area contributed by atoms with Crippen LogP contribution in [-0.2, 0) is 9.53 Å². The maximum absolute atomic E-state index is 12.8. The molecule has 2 unspecified atom stereocenters. The van der Waals surface area contributed by atoms with Crippen molar-refractivity contribution < 1.29 is 13.9 Å². The summed E-state index contributed by atoms with van der Waals surface area (Å²) in [5, 5.41) is 0. The molecule has 2 atom stereocenters. The number of hydrogen-bond acceptors (Lipinski definition) is 4. The Hall–Kier alpha value is -0.290. The van der Waals surface area contributed by atoms with Crippen LogP contribution in [0.3, 0.4) is 0 Å². The van der Waals surface area contributed by atoms with Crippen LogP contribution >= 0.6 is 11.8 Å². The molecule has 3 nitrogen and oxygen atoms in total. The molecule has 0 aliphatic heterocycles. The summed E-state index contributed by atoms with van der Waals surface area (Å²) in [6.45, 7) is 3.60. The van der Waals surface area contributed by atoms with Crippen molar-refractivity contribution >= 4 is 17.7 Å². The molecule has 0 aromatic heterocycles. The first kappa shape index (κ1) is 11.7. The zero-order valence-corrected chi connectivity index (χ0v) is 8.07. The summed E-state index contributed by atoms with van der Waals surface area (Å²) in [6.07, 6.45) is 0. The Morgan fingerprint density at radius 1 is 1.75 bits per heavy atom. The second kappa shape index (κ2) is 6.25. The number of esters is 1. The van der Waals surface area contributed by atoms with E-state index in [1.807, 2.05) is 0 Å². The van der Waals surface area contributed by atoms with Gasteiger partial charge >= 0.3 is 5.97 Å². The van der Waals surface area contributed by atoms with Crippen LogP contribution in [-0.4, -0.2) is 29.9 Å². The van der Waals surface area contributed by atoms with E-state index in [9.17, 15) is 9.18 Å². The van der Waals surface area contributed by atoms with Gasteiger partial charge in [-0.15, -0.1) is 11.8 Å². The summed E-state index contributed by atoms with van der Waals surface area (Å²) in [5.74, 6) is -0.400. The minimum absolute atomic E-state index is 0.109. The molecule has 0 fully saturated rings. The largest absolute Gasteiger partial charge is 0.463 e. The van der Waals surface area contributed by atoms with Gasteiger partial charge in [-0.05, 0) is 13.8 Å². The van der Waals surface area contributed by atoms with E-state index in [4.69, 9.17) is 5.73 Å². The van der Waals surface area contributed by atoms with Crippen LogP contribution in [0.1, 0.15) is 13.8 Å². The van der Waals surface area contributed by atoms with Gasteiger partial charge in [0.15, 0.2) is 0 Å². The number of rotatable bonds is 5. The molecule has 0 heterocycles. The molecule has 12 heavy (non-hydrogen) atoms. The third-order valence-electron chi connectivity index (χ3n) is 0.977. The maximum Gasteiger partial charge on any atom is 0.351 e. The van der Waals surface area contributed by atoms with Gasteiger partial charge in [0, 0.05) is 11.8 Å². The summed E-state index contributed by atoms with van der Waals surface area (Å²) in [7, 11) is 0. The monoisotopic (exact) mass is 195 g/mol. The highest BCUT2D eigenvalue weighted by Crippen LogP contribution is 2.14. The average Bonchev–Trinajstić information content (AvgIpc) is 2.00. The lowest BCUT2D eigenvalue weighted by Crippen LogP contribution is -2.22. The van der Waals surface area contributed by atoms with Crippen molar-refractivity contribution in [1.82, 2.24) is 0 Å². The zero-order valence-electron chi connectivity index (χ0n) is 7.25. The highest BCUT2D eigenvalue weighted by Gasteiger charge is 2.18. The molecule has 72 valence electrons. The van der Waals surface area contributed by atoms with Gasteiger partial charge in [-0.2, -0.15) is 0 Å². The Labute approximate surface area is 75.8 Å². The number of halogens is 1. The van der Waals surface area contributed by atoms with Gasteiger partial charge in [-0.3, -0.25) is 0 Å².